The van der Waals surface area contributed by atoms with E-state index in [4.69, 9.17) is 0 Å². The number of aryl methyl sites for hydroxylation is 2. The Hall–Kier alpha value is -2.02. The van der Waals surface area contributed by atoms with E-state index >= 15 is 0 Å². The molecule has 1 aliphatic rings. The number of hydrogen-bond donors (Lipinski definition) is 0. The zero-order valence-corrected chi connectivity index (χ0v) is 14.9. The van der Waals surface area contributed by atoms with E-state index in [1.54, 1.807) is 11.3 Å². The third-order valence-corrected chi connectivity index (χ3v) is 5.27. The number of aromatic nitrogens is 3. The summed E-state index contributed by atoms with van der Waals surface area (Å²) in [6.07, 6.45) is 3.81. The van der Waals surface area contributed by atoms with E-state index in [0.717, 1.165) is 36.4 Å². The molecule has 1 fully saturated rings. The number of amides is 1. The molecule has 3 rings (SSSR count). The van der Waals surface area contributed by atoms with Crippen LogP contribution in [0.3, 0.4) is 0 Å². The fraction of sp³-hybridized carbons (Fsp3) is 0.529. The van der Waals surface area contributed by atoms with Gasteiger partial charge in [0.15, 0.2) is 0 Å². The van der Waals surface area contributed by atoms with Crippen LogP contribution in [0.2, 0.25) is 0 Å². The first kappa shape index (κ1) is 16.8. The van der Waals surface area contributed by atoms with Crippen LogP contribution in [-0.4, -0.2) is 32.1 Å². The molecule has 128 valence electrons. The summed E-state index contributed by atoms with van der Waals surface area (Å²) in [4.78, 5) is 31.2. The van der Waals surface area contributed by atoms with Gasteiger partial charge in [-0.1, -0.05) is 6.92 Å². The lowest BCUT2D eigenvalue weighted by atomic mass is 10.0. The standard InChI is InChI=1S/C17H22N4O2S/c1-3-9-21-15(22)8-7-13(19-21)17(23)20-10-5-4-6-14(20)16-18-12(2)11-24-16/h7-8,11,14H,3-6,9-10H2,1-2H3/t14-/m0/s1. The third-order valence-electron chi connectivity index (χ3n) is 4.21. The Bertz CT molecular complexity index is 783. The summed E-state index contributed by atoms with van der Waals surface area (Å²) in [7, 11) is 0. The van der Waals surface area contributed by atoms with Crippen molar-refractivity contribution in [1.29, 1.82) is 0 Å². The Morgan fingerprint density at radius 1 is 1.38 bits per heavy atom. The topological polar surface area (TPSA) is 68.1 Å². The number of nitrogens with zero attached hydrogens (tertiary/aromatic N) is 4. The van der Waals surface area contributed by atoms with Crippen molar-refractivity contribution >= 4 is 17.2 Å². The molecule has 0 N–H and O–H groups in total. The van der Waals surface area contributed by atoms with E-state index in [1.165, 1.54) is 16.8 Å². The molecule has 0 aromatic carbocycles. The number of thiazole rings is 1. The molecule has 0 aliphatic carbocycles. The van der Waals surface area contributed by atoms with Gasteiger partial charge in [-0.05, 0) is 38.7 Å². The molecule has 6 nitrogen and oxygen atoms in total. The average Bonchev–Trinajstić information content (AvgIpc) is 3.03. The number of likely N-dealkylation sites (tertiary alicyclic amines) is 1. The highest BCUT2D eigenvalue weighted by Crippen LogP contribution is 2.33. The molecule has 0 bridgehead atoms. The molecule has 1 aliphatic heterocycles. The molecule has 1 atom stereocenters. The van der Waals surface area contributed by atoms with Crippen molar-refractivity contribution in [2.24, 2.45) is 0 Å². The second-order valence-electron chi connectivity index (χ2n) is 6.12. The SMILES string of the molecule is CCCn1nc(C(=O)N2CCCC[C@H]2c2nc(C)cs2)ccc1=O. The molecule has 7 heteroatoms. The van der Waals surface area contributed by atoms with Gasteiger partial charge >= 0.3 is 0 Å². The van der Waals surface area contributed by atoms with Gasteiger partial charge in [-0.3, -0.25) is 9.59 Å². The Morgan fingerprint density at radius 3 is 2.92 bits per heavy atom. The lowest BCUT2D eigenvalue weighted by Gasteiger charge is -2.34. The van der Waals surface area contributed by atoms with E-state index in [9.17, 15) is 9.59 Å². The quantitative estimate of drug-likeness (QED) is 0.854. The van der Waals surface area contributed by atoms with Crippen molar-refractivity contribution in [3.8, 4) is 0 Å². The molecular formula is C17H22N4O2S. The Kier molecular flexibility index (Phi) is 5.08. The molecule has 2 aromatic heterocycles. The van der Waals surface area contributed by atoms with Gasteiger partial charge < -0.3 is 4.90 Å². The van der Waals surface area contributed by atoms with Crippen LogP contribution in [0.25, 0.3) is 0 Å². The van der Waals surface area contributed by atoms with Gasteiger partial charge in [-0.15, -0.1) is 11.3 Å². The maximum atomic E-state index is 13.0. The number of hydrogen-bond acceptors (Lipinski definition) is 5. The summed E-state index contributed by atoms with van der Waals surface area (Å²) in [5.41, 5.74) is 1.16. The van der Waals surface area contributed by atoms with Gasteiger partial charge in [0.1, 0.15) is 10.7 Å². The van der Waals surface area contributed by atoms with Crippen LogP contribution >= 0.6 is 11.3 Å². The lowest BCUT2D eigenvalue weighted by molar-refractivity contribution is 0.0602. The minimum atomic E-state index is -0.167. The van der Waals surface area contributed by atoms with E-state index in [0.29, 0.717) is 18.8 Å². The van der Waals surface area contributed by atoms with Crippen LogP contribution in [0.5, 0.6) is 0 Å². The first-order valence-corrected chi connectivity index (χ1v) is 9.29. The summed E-state index contributed by atoms with van der Waals surface area (Å²) in [5.74, 6) is -0.114. The highest BCUT2D eigenvalue weighted by atomic mass is 32.1. The van der Waals surface area contributed by atoms with Crippen LogP contribution in [0, 0.1) is 6.92 Å². The fourth-order valence-corrected chi connectivity index (χ4v) is 3.98. The van der Waals surface area contributed by atoms with Gasteiger partial charge in [-0.2, -0.15) is 5.10 Å². The van der Waals surface area contributed by atoms with Crippen molar-refractivity contribution < 1.29 is 4.79 Å². The molecule has 2 aromatic rings. The minimum Gasteiger partial charge on any atom is -0.328 e. The van der Waals surface area contributed by atoms with Crippen molar-refractivity contribution in [2.75, 3.05) is 6.54 Å². The smallest absolute Gasteiger partial charge is 0.274 e. The number of carbonyl (C=O) groups excluding carboxylic acids is 1. The van der Waals surface area contributed by atoms with Gasteiger partial charge in [0.25, 0.3) is 11.5 Å². The highest BCUT2D eigenvalue weighted by Gasteiger charge is 2.31. The van der Waals surface area contributed by atoms with Gasteiger partial charge in [0.2, 0.25) is 0 Å². The molecule has 1 amide bonds. The van der Waals surface area contributed by atoms with Crippen LogP contribution < -0.4 is 5.56 Å². The molecule has 0 radical (unpaired) electrons. The van der Waals surface area contributed by atoms with Crippen LogP contribution in [0.4, 0.5) is 0 Å². The number of carbonyl (C=O) groups is 1. The van der Waals surface area contributed by atoms with Crippen molar-refractivity contribution in [2.45, 2.75) is 52.1 Å². The molecule has 24 heavy (non-hydrogen) atoms. The van der Waals surface area contributed by atoms with E-state index in [-0.39, 0.29) is 17.5 Å². The molecule has 3 heterocycles. The molecule has 0 unspecified atom stereocenters. The summed E-state index contributed by atoms with van der Waals surface area (Å²) in [6, 6.07) is 2.98. The number of rotatable bonds is 4. The lowest BCUT2D eigenvalue weighted by Crippen LogP contribution is -2.39. The van der Waals surface area contributed by atoms with E-state index in [2.05, 4.69) is 10.1 Å². The van der Waals surface area contributed by atoms with Crippen molar-refractivity contribution in [3.05, 3.63) is 44.3 Å². The predicted octanol–water partition coefficient (Wildman–Crippen LogP) is 2.79. The van der Waals surface area contributed by atoms with E-state index < -0.39 is 0 Å². The van der Waals surface area contributed by atoms with Gasteiger partial charge in [-0.25, -0.2) is 9.67 Å². The second kappa shape index (κ2) is 7.25. The summed E-state index contributed by atoms with van der Waals surface area (Å²) < 4.78 is 1.37. The van der Waals surface area contributed by atoms with Crippen LogP contribution in [0.15, 0.2) is 22.3 Å². The Morgan fingerprint density at radius 2 is 2.21 bits per heavy atom. The zero-order chi connectivity index (χ0) is 17.1. The first-order valence-electron chi connectivity index (χ1n) is 8.41. The second-order valence-corrected chi connectivity index (χ2v) is 7.01. The normalized spacial score (nSPS) is 17.9. The largest absolute Gasteiger partial charge is 0.328 e. The Balaban J connectivity index is 1.89. The first-order chi connectivity index (χ1) is 11.6. The van der Waals surface area contributed by atoms with E-state index in [1.807, 2.05) is 24.1 Å². The minimum absolute atomic E-state index is 0.0123. The summed E-state index contributed by atoms with van der Waals surface area (Å²) >= 11 is 1.61. The molecular weight excluding hydrogens is 324 g/mol. The molecule has 1 saturated heterocycles. The summed E-state index contributed by atoms with van der Waals surface area (Å²) in [6.45, 7) is 5.18. The maximum absolute atomic E-state index is 13.0. The number of piperidine rings is 1. The monoisotopic (exact) mass is 346 g/mol. The van der Waals surface area contributed by atoms with Crippen molar-refractivity contribution in [3.63, 3.8) is 0 Å². The summed E-state index contributed by atoms with van der Waals surface area (Å²) in [5, 5.41) is 7.27. The fourth-order valence-electron chi connectivity index (χ4n) is 3.04. The average molecular weight is 346 g/mol. The third kappa shape index (κ3) is 3.40. The molecule has 0 spiro atoms. The zero-order valence-electron chi connectivity index (χ0n) is 14.1. The maximum Gasteiger partial charge on any atom is 0.274 e. The Labute approximate surface area is 145 Å². The van der Waals surface area contributed by atoms with Crippen LogP contribution in [0.1, 0.15) is 59.8 Å². The highest BCUT2D eigenvalue weighted by molar-refractivity contribution is 7.09. The van der Waals surface area contributed by atoms with Gasteiger partial charge in [0.05, 0.1) is 6.04 Å². The van der Waals surface area contributed by atoms with Gasteiger partial charge in [0, 0.05) is 30.2 Å². The predicted molar refractivity (Wildman–Crippen MR) is 93.3 cm³/mol. The van der Waals surface area contributed by atoms with Crippen molar-refractivity contribution in [1.82, 2.24) is 19.7 Å². The van der Waals surface area contributed by atoms with Crippen LogP contribution in [-0.2, 0) is 6.54 Å². The molecule has 0 saturated carbocycles.